The molecular weight excluding hydrogens is 264 g/mol. The third-order valence-electron chi connectivity index (χ3n) is 2.99. The lowest BCUT2D eigenvalue weighted by molar-refractivity contribution is 0.0301. The van der Waals surface area contributed by atoms with Gasteiger partial charge < -0.3 is 14.6 Å². The minimum Gasteiger partial charge on any atom is -0.497 e. The van der Waals surface area contributed by atoms with Crippen LogP contribution in [0.5, 0.6) is 5.75 Å². The van der Waals surface area contributed by atoms with Gasteiger partial charge in [0, 0.05) is 0 Å². The van der Waals surface area contributed by atoms with Gasteiger partial charge in [-0.3, -0.25) is 0 Å². The zero-order chi connectivity index (χ0) is 15.3. The number of aliphatic hydroxyl groups excluding tert-OH is 1. The van der Waals surface area contributed by atoms with Crippen LogP contribution in [0.3, 0.4) is 0 Å². The molecule has 0 saturated carbocycles. The van der Waals surface area contributed by atoms with Gasteiger partial charge >= 0.3 is 0 Å². The van der Waals surface area contributed by atoms with Crippen LogP contribution in [0.25, 0.3) is 0 Å². The van der Waals surface area contributed by atoms with Crippen LogP contribution in [0.4, 0.5) is 0 Å². The molecule has 0 fully saturated rings. The number of rotatable bonds is 10. The smallest absolute Gasteiger partial charge is 0.118 e. The first kappa shape index (κ1) is 17.5. The van der Waals surface area contributed by atoms with Crippen molar-refractivity contribution < 1.29 is 14.6 Å². The first-order valence-corrected chi connectivity index (χ1v) is 7.45. The van der Waals surface area contributed by atoms with Crippen molar-refractivity contribution in [3.63, 3.8) is 0 Å². The predicted octanol–water partition coefficient (Wildman–Crippen LogP) is 3.88. The first-order valence-electron chi connectivity index (χ1n) is 7.45. The first-order chi connectivity index (χ1) is 10.3. The third kappa shape index (κ3) is 8.33. The van der Waals surface area contributed by atoms with E-state index in [0.29, 0.717) is 19.6 Å². The van der Waals surface area contributed by atoms with Gasteiger partial charge in [0.1, 0.15) is 5.75 Å². The third-order valence-corrected chi connectivity index (χ3v) is 2.99. The molecule has 1 aromatic carbocycles. The summed E-state index contributed by atoms with van der Waals surface area (Å²) in [6.45, 7) is 2.97. The summed E-state index contributed by atoms with van der Waals surface area (Å²) >= 11 is 0. The van der Waals surface area contributed by atoms with Crippen LogP contribution < -0.4 is 4.74 Å². The summed E-state index contributed by atoms with van der Waals surface area (Å²) < 4.78 is 10.6. The van der Waals surface area contributed by atoms with Crippen molar-refractivity contribution >= 4 is 0 Å². The normalized spacial score (nSPS) is 13.1. The Hall–Kier alpha value is -1.58. The summed E-state index contributed by atoms with van der Waals surface area (Å²) in [5.41, 5.74) is 1.07. The number of allylic oxidation sites excluding steroid dienone is 3. The van der Waals surface area contributed by atoms with Crippen LogP contribution >= 0.6 is 0 Å². The standard InChI is InChI=1S/C18H26O3/c1-3-4-5-6-7-8-9-17(19)15-21-14-16-10-12-18(20-2)13-11-16/h4-5,7-8,10-13,17,19H,3,6,9,14-15H2,1-2H3/b5-4-,8-7-/t17-/m1/s1. The van der Waals surface area contributed by atoms with E-state index in [1.54, 1.807) is 7.11 Å². The molecule has 3 heteroatoms. The average Bonchev–Trinajstić information content (AvgIpc) is 2.51. The summed E-state index contributed by atoms with van der Waals surface area (Å²) in [7, 11) is 1.65. The van der Waals surface area contributed by atoms with Crippen molar-refractivity contribution in [3.05, 3.63) is 54.1 Å². The van der Waals surface area contributed by atoms with Gasteiger partial charge in [0.25, 0.3) is 0 Å². The van der Waals surface area contributed by atoms with E-state index in [4.69, 9.17) is 9.47 Å². The second-order valence-corrected chi connectivity index (χ2v) is 4.84. The van der Waals surface area contributed by atoms with Gasteiger partial charge in [-0.05, 0) is 37.0 Å². The van der Waals surface area contributed by atoms with Gasteiger partial charge in [-0.1, -0.05) is 43.4 Å². The Morgan fingerprint density at radius 2 is 1.81 bits per heavy atom. The molecule has 0 radical (unpaired) electrons. The number of methoxy groups -OCH3 is 1. The van der Waals surface area contributed by atoms with Crippen molar-refractivity contribution in [2.24, 2.45) is 0 Å². The zero-order valence-corrected chi connectivity index (χ0v) is 13.0. The van der Waals surface area contributed by atoms with E-state index >= 15 is 0 Å². The van der Waals surface area contributed by atoms with E-state index in [1.165, 1.54) is 0 Å². The molecule has 21 heavy (non-hydrogen) atoms. The van der Waals surface area contributed by atoms with Gasteiger partial charge in [0.15, 0.2) is 0 Å². The Bertz CT molecular complexity index is 421. The Morgan fingerprint density at radius 1 is 1.10 bits per heavy atom. The molecule has 1 N–H and O–H groups in total. The van der Waals surface area contributed by atoms with E-state index in [-0.39, 0.29) is 0 Å². The van der Waals surface area contributed by atoms with E-state index in [1.807, 2.05) is 30.3 Å². The number of aliphatic hydroxyl groups is 1. The fraction of sp³-hybridized carbons (Fsp3) is 0.444. The van der Waals surface area contributed by atoms with Crippen molar-refractivity contribution in [2.45, 2.75) is 38.9 Å². The van der Waals surface area contributed by atoms with E-state index in [0.717, 1.165) is 24.2 Å². The molecule has 0 spiro atoms. The molecule has 3 nitrogen and oxygen atoms in total. The number of hydrogen-bond donors (Lipinski definition) is 1. The van der Waals surface area contributed by atoms with E-state index in [9.17, 15) is 5.11 Å². The topological polar surface area (TPSA) is 38.7 Å². The minimum atomic E-state index is -0.449. The van der Waals surface area contributed by atoms with Crippen LogP contribution in [0, 0.1) is 0 Å². The van der Waals surface area contributed by atoms with E-state index in [2.05, 4.69) is 25.2 Å². The van der Waals surface area contributed by atoms with Gasteiger partial charge in [-0.2, -0.15) is 0 Å². The van der Waals surface area contributed by atoms with E-state index < -0.39 is 6.10 Å². The highest BCUT2D eigenvalue weighted by Gasteiger charge is 2.02. The van der Waals surface area contributed by atoms with Crippen LogP contribution in [-0.4, -0.2) is 24.9 Å². The second kappa shape index (κ2) is 11.1. The number of hydrogen-bond acceptors (Lipinski definition) is 3. The second-order valence-electron chi connectivity index (χ2n) is 4.84. The summed E-state index contributed by atoms with van der Waals surface area (Å²) in [5.74, 6) is 0.834. The molecule has 0 bridgehead atoms. The highest BCUT2D eigenvalue weighted by Crippen LogP contribution is 2.12. The molecule has 0 aromatic heterocycles. The van der Waals surface area contributed by atoms with Crippen LogP contribution in [0.1, 0.15) is 31.7 Å². The molecule has 116 valence electrons. The average molecular weight is 290 g/mol. The molecule has 0 aliphatic rings. The van der Waals surface area contributed by atoms with Crippen molar-refractivity contribution in [3.8, 4) is 5.75 Å². The van der Waals surface area contributed by atoms with Crippen molar-refractivity contribution in [1.82, 2.24) is 0 Å². The maximum Gasteiger partial charge on any atom is 0.118 e. The van der Waals surface area contributed by atoms with Gasteiger partial charge in [-0.15, -0.1) is 0 Å². The summed E-state index contributed by atoms with van der Waals surface area (Å²) in [4.78, 5) is 0. The molecule has 0 aliphatic heterocycles. The molecule has 0 saturated heterocycles. The van der Waals surface area contributed by atoms with Gasteiger partial charge in [0.2, 0.25) is 0 Å². The van der Waals surface area contributed by atoms with Gasteiger partial charge in [-0.25, -0.2) is 0 Å². The molecule has 0 amide bonds. The van der Waals surface area contributed by atoms with Crippen LogP contribution in [-0.2, 0) is 11.3 Å². The van der Waals surface area contributed by atoms with Gasteiger partial charge in [0.05, 0.1) is 26.4 Å². The Morgan fingerprint density at radius 3 is 2.48 bits per heavy atom. The molecule has 0 aliphatic carbocycles. The SMILES string of the molecule is CC/C=C\C/C=C\C[C@@H](O)COCc1ccc(OC)cc1. The Kier molecular flexibility index (Phi) is 9.25. The number of benzene rings is 1. The highest BCUT2D eigenvalue weighted by atomic mass is 16.5. The minimum absolute atomic E-state index is 0.348. The monoisotopic (exact) mass is 290 g/mol. The summed E-state index contributed by atoms with van der Waals surface area (Å²) in [6.07, 6.45) is 10.5. The summed E-state index contributed by atoms with van der Waals surface area (Å²) in [5, 5.41) is 9.80. The lowest BCUT2D eigenvalue weighted by atomic mass is 10.2. The highest BCUT2D eigenvalue weighted by molar-refractivity contribution is 5.26. The van der Waals surface area contributed by atoms with Crippen molar-refractivity contribution in [2.75, 3.05) is 13.7 Å². The zero-order valence-electron chi connectivity index (χ0n) is 13.0. The molecule has 1 aromatic rings. The Labute approximate surface area is 127 Å². The maximum atomic E-state index is 9.80. The quantitative estimate of drug-likeness (QED) is 0.665. The maximum absolute atomic E-state index is 9.80. The summed E-state index contributed by atoms with van der Waals surface area (Å²) in [6, 6.07) is 7.74. The van der Waals surface area contributed by atoms with Crippen LogP contribution in [0.2, 0.25) is 0 Å². The largest absolute Gasteiger partial charge is 0.497 e. The molecule has 0 heterocycles. The fourth-order valence-corrected chi connectivity index (χ4v) is 1.79. The number of ether oxygens (including phenoxy) is 2. The predicted molar refractivity (Wildman–Crippen MR) is 86.5 cm³/mol. The molecular formula is C18H26O3. The lowest BCUT2D eigenvalue weighted by Gasteiger charge is -2.09. The fourth-order valence-electron chi connectivity index (χ4n) is 1.79. The lowest BCUT2D eigenvalue weighted by Crippen LogP contribution is -2.14. The molecule has 0 unspecified atom stereocenters. The Balaban J connectivity index is 2.14. The molecule has 1 atom stereocenters. The molecule has 1 rings (SSSR count). The van der Waals surface area contributed by atoms with Crippen molar-refractivity contribution in [1.29, 1.82) is 0 Å². The van der Waals surface area contributed by atoms with Crippen LogP contribution in [0.15, 0.2) is 48.6 Å².